The molecule has 0 aliphatic heterocycles. The van der Waals surface area contributed by atoms with Crippen LogP contribution < -0.4 is 4.43 Å². The Hall–Kier alpha value is -4.26. The van der Waals surface area contributed by atoms with Crippen molar-refractivity contribution in [2.45, 2.75) is 195 Å². The van der Waals surface area contributed by atoms with E-state index in [2.05, 4.69) is 187 Å². The zero-order valence-electron chi connectivity index (χ0n) is 42.9. The second-order valence-electron chi connectivity index (χ2n) is 21.3. The average molecular weight is 895 g/mol. The van der Waals surface area contributed by atoms with E-state index in [-0.39, 0.29) is 26.7 Å². The number of hydrogen-bond acceptors (Lipinski definition) is 4. The monoisotopic (exact) mass is 895 g/mol. The molecular formula is C60H82O4Si. The third-order valence-corrected chi connectivity index (χ3v) is 21.0. The van der Waals surface area contributed by atoms with E-state index in [0.717, 1.165) is 92.2 Å². The molecule has 0 amide bonds. The third kappa shape index (κ3) is 10.8. The van der Waals surface area contributed by atoms with Crippen LogP contribution in [-0.4, -0.2) is 35.8 Å². The lowest BCUT2D eigenvalue weighted by atomic mass is 9.70. The van der Waals surface area contributed by atoms with E-state index in [1.807, 2.05) is 6.92 Å². The van der Waals surface area contributed by atoms with Gasteiger partial charge in [0.25, 0.3) is 0 Å². The van der Waals surface area contributed by atoms with E-state index >= 15 is 0 Å². The fourth-order valence-corrected chi connectivity index (χ4v) is 10.8. The SMILES string of the molecule is CCC(CC)(c1ccc(C#CC(O)C2(CC)CC2)c(C)c1)c1ccc(O[Si](C)(C)C(C)(C)C)c(C)c1.CCC(CC)(c1ccc(O)c(C)c1)c1ccc(C#CC(O)C2(CC)CC2)c(C)c1. The maximum Gasteiger partial charge on any atom is 0.250 e. The van der Waals surface area contributed by atoms with Crippen molar-refractivity contribution in [3.8, 4) is 35.2 Å². The number of benzene rings is 4. The summed E-state index contributed by atoms with van der Waals surface area (Å²) in [6.45, 7) is 33.2. The Balaban J connectivity index is 0.000000250. The molecule has 350 valence electrons. The largest absolute Gasteiger partial charge is 0.543 e. The molecule has 3 N–H and O–H groups in total. The van der Waals surface area contributed by atoms with Gasteiger partial charge in [-0.2, -0.15) is 0 Å². The van der Waals surface area contributed by atoms with Gasteiger partial charge < -0.3 is 19.7 Å². The highest BCUT2D eigenvalue weighted by Crippen LogP contribution is 2.52. The average Bonchev–Trinajstić information content (AvgIpc) is 4.22. The van der Waals surface area contributed by atoms with Gasteiger partial charge in [0, 0.05) is 32.8 Å². The van der Waals surface area contributed by atoms with E-state index in [1.54, 1.807) is 6.07 Å². The van der Waals surface area contributed by atoms with Crippen molar-refractivity contribution in [1.29, 1.82) is 0 Å². The van der Waals surface area contributed by atoms with Crippen molar-refractivity contribution in [3.63, 3.8) is 0 Å². The van der Waals surface area contributed by atoms with Crippen molar-refractivity contribution in [3.05, 3.63) is 128 Å². The fourth-order valence-electron chi connectivity index (χ4n) is 9.67. The Kier molecular flexibility index (Phi) is 16.2. The predicted octanol–water partition coefficient (Wildman–Crippen LogP) is 14.7. The number of phenols is 1. The first-order chi connectivity index (χ1) is 30.6. The maximum absolute atomic E-state index is 10.6. The number of rotatable bonds is 14. The Labute approximate surface area is 396 Å². The summed E-state index contributed by atoms with van der Waals surface area (Å²) in [5, 5.41) is 31.2. The first-order valence-electron chi connectivity index (χ1n) is 24.8. The van der Waals surface area contributed by atoms with E-state index in [1.165, 1.54) is 33.4 Å². The maximum atomic E-state index is 10.6. The van der Waals surface area contributed by atoms with Crippen LogP contribution in [-0.2, 0) is 10.8 Å². The summed E-state index contributed by atoms with van der Waals surface area (Å²) >= 11 is 0. The van der Waals surface area contributed by atoms with Crippen molar-refractivity contribution in [1.82, 2.24) is 0 Å². The van der Waals surface area contributed by atoms with Crippen LogP contribution in [0.4, 0.5) is 0 Å². The molecule has 0 heterocycles. The standard InChI is InChI=1S/C33H48O2Si.C27H34O2/c1-11-32(20-21-32)30(34)19-15-26-14-16-27(22-24(26)4)33(12-2,13-3)28-17-18-29(25(5)23-28)35-36(9,10)31(6,7)8;1-6-26(15-16-26)25(29)14-10-21-9-11-22(17-19(21)4)27(7-2,8-3)23-12-13-24(28)20(5)18-23/h14,16-18,22-23,30,34H,11-13,20-21H2,1-10H3;9,11-13,17-18,25,28-29H,6-8,15-16H2,1-5H3. The molecule has 65 heavy (non-hydrogen) atoms. The molecule has 4 nitrogen and oxygen atoms in total. The van der Waals surface area contributed by atoms with Gasteiger partial charge in [0.2, 0.25) is 8.32 Å². The molecule has 5 heteroatoms. The van der Waals surface area contributed by atoms with Gasteiger partial charge in [-0.15, -0.1) is 0 Å². The van der Waals surface area contributed by atoms with Gasteiger partial charge in [-0.25, -0.2) is 0 Å². The number of aromatic hydroxyl groups is 1. The number of hydrogen-bond donors (Lipinski definition) is 3. The van der Waals surface area contributed by atoms with E-state index < -0.39 is 20.5 Å². The fraction of sp³-hybridized carbons (Fsp3) is 0.533. The molecule has 2 unspecified atom stereocenters. The van der Waals surface area contributed by atoms with Crippen LogP contribution in [0.3, 0.4) is 0 Å². The lowest BCUT2D eigenvalue weighted by Gasteiger charge is -2.38. The summed E-state index contributed by atoms with van der Waals surface area (Å²) in [4.78, 5) is 0. The van der Waals surface area contributed by atoms with Crippen LogP contribution in [0.1, 0.15) is 182 Å². The minimum absolute atomic E-state index is 0.0388. The summed E-state index contributed by atoms with van der Waals surface area (Å²) in [5.74, 6) is 14.1. The topological polar surface area (TPSA) is 69.9 Å². The van der Waals surface area contributed by atoms with Crippen LogP contribution in [0.5, 0.6) is 11.5 Å². The van der Waals surface area contributed by atoms with Crippen molar-refractivity contribution < 1.29 is 19.7 Å². The van der Waals surface area contributed by atoms with Crippen molar-refractivity contribution >= 4 is 8.32 Å². The summed E-state index contributed by atoms with van der Waals surface area (Å²) in [5.41, 5.74) is 11.6. The number of aliphatic hydroxyl groups is 2. The van der Waals surface area contributed by atoms with Crippen LogP contribution in [0.2, 0.25) is 18.1 Å². The highest BCUT2D eigenvalue weighted by molar-refractivity contribution is 6.74. The molecule has 0 radical (unpaired) electrons. The highest BCUT2D eigenvalue weighted by atomic mass is 28.4. The van der Waals surface area contributed by atoms with Gasteiger partial charge >= 0.3 is 0 Å². The van der Waals surface area contributed by atoms with Crippen molar-refractivity contribution in [2.24, 2.45) is 10.8 Å². The number of aryl methyl sites for hydroxylation is 4. The second kappa shape index (κ2) is 20.3. The summed E-state index contributed by atoms with van der Waals surface area (Å²) in [6.07, 6.45) is 9.28. The highest BCUT2D eigenvalue weighted by Gasteiger charge is 2.47. The van der Waals surface area contributed by atoms with E-state index in [0.29, 0.717) is 5.75 Å². The molecular weight excluding hydrogens is 813 g/mol. The van der Waals surface area contributed by atoms with Gasteiger partial charge in [-0.05, 0) is 179 Å². The quantitative estimate of drug-likeness (QED) is 0.0871. The van der Waals surface area contributed by atoms with Gasteiger partial charge in [0.05, 0.1) is 0 Å². The minimum Gasteiger partial charge on any atom is -0.543 e. The zero-order chi connectivity index (χ0) is 48.2. The normalized spacial score (nSPS) is 16.1. The molecule has 2 fully saturated rings. The summed E-state index contributed by atoms with van der Waals surface area (Å²) in [7, 11) is -1.89. The lowest BCUT2D eigenvalue weighted by Crippen LogP contribution is -2.44. The predicted molar refractivity (Wildman–Crippen MR) is 277 cm³/mol. The molecule has 0 spiro atoms. The molecule has 0 aromatic heterocycles. The molecule has 2 atom stereocenters. The molecule has 0 bridgehead atoms. The first kappa shape index (κ1) is 51.7. The molecule has 2 aliphatic rings. The van der Waals surface area contributed by atoms with Gasteiger partial charge in [-0.1, -0.05) is 135 Å². The van der Waals surface area contributed by atoms with Crippen LogP contribution in [0.15, 0.2) is 72.8 Å². The smallest absolute Gasteiger partial charge is 0.250 e. The van der Waals surface area contributed by atoms with Crippen LogP contribution in [0.25, 0.3) is 0 Å². The third-order valence-electron chi connectivity index (χ3n) is 16.7. The Morgan fingerprint density at radius 2 is 0.908 bits per heavy atom. The van der Waals surface area contributed by atoms with Gasteiger partial charge in [0.1, 0.15) is 23.7 Å². The Morgan fingerprint density at radius 3 is 1.22 bits per heavy atom. The van der Waals surface area contributed by atoms with E-state index in [9.17, 15) is 15.3 Å². The summed E-state index contributed by atoms with van der Waals surface area (Å²) in [6, 6.07) is 26.0. The molecule has 2 aliphatic carbocycles. The van der Waals surface area contributed by atoms with Gasteiger partial charge in [-0.3, -0.25) is 0 Å². The zero-order valence-corrected chi connectivity index (χ0v) is 43.9. The summed E-state index contributed by atoms with van der Waals surface area (Å²) < 4.78 is 6.66. The molecule has 6 rings (SSSR count). The Bertz CT molecular complexity index is 2410. The van der Waals surface area contributed by atoms with Crippen molar-refractivity contribution in [2.75, 3.05) is 0 Å². The lowest BCUT2D eigenvalue weighted by molar-refractivity contribution is 0.143. The van der Waals surface area contributed by atoms with Gasteiger partial charge in [0.15, 0.2) is 0 Å². The van der Waals surface area contributed by atoms with Crippen LogP contribution >= 0.6 is 0 Å². The Morgan fingerprint density at radius 1 is 0.554 bits per heavy atom. The van der Waals surface area contributed by atoms with E-state index in [4.69, 9.17) is 4.43 Å². The molecule has 4 aromatic carbocycles. The first-order valence-corrected chi connectivity index (χ1v) is 27.7. The minimum atomic E-state index is -1.89. The molecule has 4 aromatic rings. The molecule has 2 saturated carbocycles. The number of aliphatic hydroxyl groups excluding tert-OH is 2. The molecule has 0 saturated heterocycles. The second-order valence-corrected chi connectivity index (χ2v) is 26.0. The number of phenolic OH excluding ortho intramolecular Hbond substituents is 1. The van der Waals surface area contributed by atoms with Crippen LogP contribution in [0, 0.1) is 62.2 Å².